The standard InChI is InChI=1S/C51H98O6/c1-5-7-9-11-12-13-14-15-16-19-22-25-28-31-35-39-43-50(53)56-46-48(45-55-49(52)42-38-33-10-8-6-2)57-51(54)44-40-36-32-29-26-23-20-17-18-21-24-27-30-34-37-41-47(3)4/h47-48H,5-46H2,1-4H3/t48-/m0/s1. The van der Waals surface area contributed by atoms with Crippen LogP contribution in [0.5, 0.6) is 0 Å². The van der Waals surface area contributed by atoms with Crippen LogP contribution >= 0.6 is 0 Å². The van der Waals surface area contributed by atoms with Gasteiger partial charge in [0.2, 0.25) is 0 Å². The van der Waals surface area contributed by atoms with Crippen molar-refractivity contribution in [2.75, 3.05) is 13.2 Å². The molecule has 0 amide bonds. The topological polar surface area (TPSA) is 78.9 Å². The third-order valence-electron chi connectivity index (χ3n) is 11.5. The Bertz CT molecular complexity index is 857. The maximum atomic E-state index is 12.7. The van der Waals surface area contributed by atoms with Gasteiger partial charge in [-0.2, -0.15) is 0 Å². The summed E-state index contributed by atoms with van der Waals surface area (Å²) in [7, 11) is 0. The molecule has 57 heavy (non-hydrogen) atoms. The molecule has 0 saturated heterocycles. The zero-order valence-electron chi connectivity index (χ0n) is 38.8. The number of esters is 3. The fraction of sp³-hybridized carbons (Fsp3) is 0.941. The molecule has 0 fully saturated rings. The van der Waals surface area contributed by atoms with Crippen LogP contribution in [0.2, 0.25) is 0 Å². The van der Waals surface area contributed by atoms with E-state index in [2.05, 4.69) is 27.7 Å². The summed E-state index contributed by atoms with van der Waals surface area (Å²) in [6.07, 6.45) is 46.9. The van der Waals surface area contributed by atoms with E-state index in [0.29, 0.717) is 19.3 Å². The quantitative estimate of drug-likeness (QED) is 0.0346. The van der Waals surface area contributed by atoms with Crippen molar-refractivity contribution < 1.29 is 28.6 Å². The van der Waals surface area contributed by atoms with Gasteiger partial charge in [-0.05, 0) is 25.2 Å². The van der Waals surface area contributed by atoms with Crippen molar-refractivity contribution in [3.8, 4) is 0 Å². The van der Waals surface area contributed by atoms with Gasteiger partial charge in [0, 0.05) is 19.3 Å². The number of ether oxygens (including phenoxy) is 3. The predicted octanol–water partition coefficient (Wildman–Crippen LogP) is 16.3. The molecule has 338 valence electrons. The maximum Gasteiger partial charge on any atom is 0.306 e. The van der Waals surface area contributed by atoms with Gasteiger partial charge in [0.15, 0.2) is 6.10 Å². The lowest BCUT2D eigenvalue weighted by Crippen LogP contribution is -2.30. The number of unbranched alkanes of at least 4 members (excludes halogenated alkanes) is 33. The minimum Gasteiger partial charge on any atom is -0.462 e. The molecular weight excluding hydrogens is 709 g/mol. The highest BCUT2D eigenvalue weighted by Crippen LogP contribution is 2.17. The van der Waals surface area contributed by atoms with E-state index < -0.39 is 6.10 Å². The van der Waals surface area contributed by atoms with E-state index in [4.69, 9.17) is 14.2 Å². The molecule has 0 rings (SSSR count). The van der Waals surface area contributed by atoms with Crippen molar-refractivity contribution >= 4 is 17.9 Å². The molecule has 0 aromatic heterocycles. The van der Waals surface area contributed by atoms with Gasteiger partial charge >= 0.3 is 17.9 Å². The molecule has 0 saturated carbocycles. The van der Waals surface area contributed by atoms with Gasteiger partial charge in [-0.15, -0.1) is 0 Å². The first-order valence-corrected chi connectivity index (χ1v) is 25.4. The van der Waals surface area contributed by atoms with Crippen LogP contribution in [-0.2, 0) is 28.6 Å². The highest BCUT2D eigenvalue weighted by atomic mass is 16.6. The number of carbonyl (C=O) groups excluding carboxylic acids is 3. The third-order valence-corrected chi connectivity index (χ3v) is 11.5. The van der Waals surface area contributed by atoms with E-state index in [1.54, 1.807) is 0 Å². The second-order valence-electron chi connectivity index (χ2n) is 17.9. The number of rotatable bonds is 46. The Hall–Kier alpha value is -1.59. The van der Waals surface area contributed by atoms with E-state index in [9.17, 15) is 14.4 Å². The molecule has 6 nitrogen and oxygen atoms in total. The van der Waals surface area contributed by atoms with Gasteiger partial charge in [0.25, 0.3) is 0 Å². The van der Waals surface area contributed by atoms with Gasteiger partial charge in [-0.1, -0.05) is 246 Å². The zero-order valence-corrected chi connectivity index (χ0v) is 38.8. The Kier molecular flexibility index (Phi) is 44.2. The van der Waals surface area contributed by atoms with Gasteiger partial charge < -0.3 is 14.2 Å². The zero-order chi connectivity index (χ0) is 41.7. The third kappa shape index (κ3) is 45.3. The van der Waals surface area contributed by atoms with Crippen LogP contribution in [0, 0.1) is 5.92 Å². The number of carbonyl (C=O) groups is 3. The molecule has 0 aromatic carbocycles. The highest BCUT2D eigenvalue weighted by molar-refractivity contribution is 5.71. The lowest BCUT2D eigenvalue weighted by molar-refractivity contribution is -0.167. The Morgan fingerprint density at radius 2 is 0.579 bits per heavy atom. The maximum absolute atomic E-state index is 12.7. The average molecular weight is 807 g/mol. The second-order valence-corrected chi connectivity index (χ2v) is 17.9. The molecule has 0 radical (unpaired) electrons. The van der Waals surface area contributed by atoms with Crippen LogP contribution in [-0.4, -0.2) is 37.2 Å². The van der Waals surface area contributed by atoms with Crippen LogP contribution in [0.1, 0.15) is 285 Å². The lowest BCUT2D eigenvalue weighted by atomic mass is 10.0. The smallest absolute Gasteiger partial charge is 0.306 e. The van der Waals surface area contributed by atoms with Crippen LogP contribution in [0.15, 0.2) is 0 Å². The molecule has 0 aliphatic rings. The van der Waals surface area contributed by atoms with Crippen molar-refractivity contribution in [3.05, 3.63) is 0 Å². The SMILES string of the molecule is CCCCCCCCCCCCCCCCCCC(=O)OC[C@H](COC(=O)CCCCCCC)OC(=O)CCCCCCCCCCCCCCCCCC(C)C. The van der Waals surface area contributed by atoms with Crippen LogP contribution in [0.3, 0.4) is 0 Å². The minimum atomic E-state index is -0.758. The van der Waals surface area contributed by atoms with Gasteiger partial charge in [0.1, 0.15) is 13.2 Å². The Morgan fingerprint density at radius 3 is 0.860 bits per heavy atom. The van der Waals surface area contributed by atoms with Crippen LogP contribution < -0.4 is 0 Å². The average Bonchev–Trinajstić information content (AvgIpc) is 3.19. The summed E-state index contributed by atoms with van der Waals surface area (Å²) in [5, 5.41) is 0. The lowest BCUT2D eigenvalue weighted by Gasteiger charge is -2.18. The first-order valence-electron chi connectivity index (χ1n) is 25.4. The molecule has 0 spiro atoms. The summed E-state index contributed by atoms with van der Waals surface area (Å²) < 4.78 is 16.7. The van der Waals surface area contributed by atoms with Crippen molar-refractivity contribution in [1.29, 1.82) is 0 Å². The Labute approximate surface area is 355 Å². The van der Waals surface area contributed by atoms with E-state index in [0.717, 1.165) is 70.1 Å². The van der Waals surface area contributed by atoms with E-state index in [1.807, 2.05) is 0 Å². The monoisotopic (exact) mass is 807 g/mol. The van der Waals surface area contributed by atoms with Gasteiger partial charge in [-0.25, -0.2) is 0 Å². The summed E-state index contributed by atoms with van der Waals surface area (Å²) in [6.45, 7) is 8.96. The molecule has 0 unspecified atom stereocenters. The fourth-order valence-corrected chi connectivity index (χ4v) is 7.69. The summed E-state index contributed by atoms with van der Waals surface area (Å²) in [5.41, 5.74) is 0. The number of hydrogen-bond acceptors (Lipinski definition) is 6. The van der Waals surface area contributed by atoms with E-state index >= 15 is 0 Å². The van der Waals surface area contributed by atoms with Crippen molar-refractivity contribution in [1.82, 2.24) is 0 Å². The molecule has 6 heteroatoms. The molecule has 0 aromatic rings. The molecule has 0 heterocycles. The molecule has 0 bridgehead atoms. The Balaban J connectivity index is 4.11. The summed E-state index contributed by atoms with van der Waals surface area (Å²) in [5.74, 6) is -0.0120. The summed E-state index contributed by atoms with van der Waals surface area (Å²) in [6, 6.07) is 0. The first-order chi connectivity index (χ1) is 27.9. The van der Waals surface area contributed by atoms with Gasteiger partial charge in [-0.3, -0.25) is 14.4 Å². The Morgan fingerprint density at radius 1 is 0.333 bits per heavy atom. The minimum absolute atomic E-state index is 0.0638. The van der Waals surface area contributed by atoms with Crippen molar-refractivity contribution in [2.24, 2.45) is 5.92 Å². The molecule has 1 atom stereocenters. The van der Waals surface area contributed by atoms with Crippen LogP contribution in [0.25, 0.3) is 0 Å². The van der Waals surface area contributed by atoms with Crippen molar-refractivity contribution in [2.45, 2.75) is 291 Å². The summed E-state index contributed by atoms with van der Waals surface area (Å²) >= 11 is 0. The molecule has 0 aliphatic carbocycles. The summed E-state index contributed by atoms with van der Waals surface area (Å²) in [4.78, 5) is 37.6. The molecular formula is C51H98O6. The largest absolute Gasteiger partial charge is 0.462 e. The van der Waals surface area contributed by atoms with Crippen molar-refractivity contribution in [3.63, 3.8) is 0 Å². The molecule has 0 N–H and O–H groups in total. The molecule has 0 aliphatic heterocycles. The predicted molar refractivity (Wildman–Crippen MR) is 243 cm³/mol. The first kappa shape index (κ1) is 55.4. The van der Waals surface area contributed by atoms with Crippen LogP contribution in [0.4, 0.5) is 0 Å². The second kappa shape index (κ2) is 45.5. The fourth-order valence-electron chi connectivity index (χ4n) is 7.69. The highest BCUT2D eigenvalue weighted by Gasteiger charge is 2.19. The van der Waals surface area contributed by atoms with Gasteiger partial charge in [0.05, 0.1) is 0 Å². The number of hydrogen-bond donors (Lipinski definition) is 0. The normalized spacial score (nSPS) is 11.9. The van der Waals surface area contributed by atoms with E-state index in [1.165, 1.54) is 173 Å². The van der Waals surface area contributed by atoms with E-state index in [-0.39, 0.29) is 31.1 Å².